The molecule has 1 fully saturated rings. The summed E-state index contributed by atoms with van der Waals surface area (Å²) in [4.78, 5) is 0.148. The Bertz CT molecular complexity index is 628. The largest absolute Gasteiger partial charge is 0.324 e. The van der Waals surface area contributed by atoms with Crippen LogP contribution < -0.4 is 10.5 Å². The summed E-state index contributed by atoms with van der Waals surface area (Å²) in [7, 11) is -3.61. The highest BCUT2D eigenvalue weighted by Crippen LogP contribution is 2.28. The molecule has 0 atom stereocenters. The zero-order valence-corrected chi connectivity index (χ0v) is 11.6. The summed E-state index contributed by atoms with van der Waals surface area (Å²) in [5, 5.41) is 8.84. The van der Waals surface area contributed by atoms with Crippen LogP contribution in [-0.2, 0) is 10.0 Å². The fourth-order valence-corrected chi connectivity index (χ4v) is 3.49. The maximum Gasteiger partial charge on any atom is 0.240 e. The fraction of sp³-hybridized carbons (Fsp3) is 0.462. The number of aryl methyl sites for hydroxylation is 1. The van der Waals surface area contributed by atoms with Gasteiger partial charge in [-0.25, -0.2) is 13.1 Å². The highest BCUT2D eigenvalue weighted by atomic mass is 32.2. The lowest BCUT2D eigenvalue weighted by atomic mass is 9.78. The second kappa shape index (κ2) is 4.93. The summed E-state index contributed by atoms with van der Waals surface area (Å²) in [5.74, 6) is 0. The van der Waals surface area contributed by atoms with Gasteiger partial charge in [-0.2, -0.15) is 5.26 Å². The number of hydrogen-bond donors (Lipinski definition) is 2. The Morgan fingerprint density at radius 2 is 2.16 bits per heavy atom. The molecule has 1 aromatic carbocycles. The first-order valence-electron chi connectivity index (χ1n) is 6.16. The van der Waals surface area contributed by atoms with Crippen LogP contribution in [0.1, 0.15) is 30.4 Å². The van der Waals surface area contributed by atoms with E-state index in [0.29, 0.717) is 11.1 Å². The van der Waals surface area contributed by atoms with E-state index in [0.717, 1.165) is 19.3 Å². The minimum absolute atomic E-state index is 0.148. The molecule has 19 heavy (non-hydrogen) atoms. The quantitative estimate of drug-likeness (QED) is 0.860. The molecule has 3 N–H and O–H groups in total. The second-order valence-electron chi connectivity index (χ2n) is 5.13. The number of rotatable bonds is 4. The van der Waals surface area contributed by atoms with E-state index in [-0.39, 0.29) is 11.4 Å². The molecule has 5 nitrogen and oxygen atoms in total. The molecule has 0 saturated heterocycles. The maximum atomic E-state index is 12.2. The number of sulfonamides is 1. The third-order valence-electron chi connectivity index (χ3n) is 3.57. The van der Waals surface area contributed by atoms with E-state index in [2.05, 4.69) is 4.72 Å². The topological polar surface area (TPSA) is 96.0 Å². The number of benzene rings is 1. The van der Waals surface area contributed by atoms with Gasteiger partial charge in [0, 0.05) is 12.1 Å². The average Bonchev–Trinajstić information content (AvgIpc) is 2.34. The lowest BCUT2D eigenvalue weighted by Crippen LogP contribution is -2.54. The summed E-state index contributed by atoms with van der Waals surface area (Å²) in [5.41, 5.74) is 6.54. The molecule has 102 valence electrons. The Kier molecular flexibility index (Phi) is 3.63. The zero-order chi connectivity index (χ0) is 14.1. The van der Waals surface area contributed by atoms with Gasteiger partial charge in [0.2, 0.25) is 10.0 Å². The Labute approximate surface area is 113 Å². The normalized spacial score (nSPS) is 17.5. The molecular weight excluding hydrogens is 262 g/mol. The van der Waals surface area contributed by atoms with E-state index < -0.39 is 15.6 Å². The third-order valence-corrected chi connectivity index (χ3v) is 5.11. The van der Waals surface area contributed by atoms with E-state index in [1.54, 1.807) is 19.1 Å². The highest BCUT2D eigenvalue weighted by Gasteiger charge is 2.34. The van der Waals surface area contributed by atoms with Crippen molar-refractivity contribution in [2.45, 2.75) is 36.6 Å². The van der Waals surface area contributed by atoms with E-state index in [9.17, 15) is 8.42 Å². The second-order valence-corrected chi connectivity index (χ2v) is 6.87. The van der Waals surface area contributed by atoms with E-state index >= 15 is 0 Å². The maximum absolute atomic E-state index is 12.2. The number of nitrogens with two attached hydrogens (primary N) is 1. The van der Waals surface area contributed by atoms with Gasteiger partial charge in [-0.3, -0.25) is 0 Å². The first-order valence-corrected chi connectivity index (χ1v) is 7.64. The lowest BCUT2D eigenvalue weighted by molar-refractivity contribution is 0.251. The number of hydrogen-bond acceptors (Lipinski definition) is 4. The summed E-state index contributed by atoms with van der Waals surface area (Å²) in [6.45, 7) is 1.95. The van der Waals surface area contributed by atoms with Crippen LogP contribution in [0.25, 0.3) is 0 Å². The van der Waals surface area contributed by atoms with Gasteiger partial charge in [0.1, 0.15) is 0 Å². The molecule has 0 aliphatic heterocycles. The molecule has 1 aliphatic carbocycles. The van der Waals surface area contributed by atoms with E-state index in [4.69, 9.17) is 11.0 Å². The SMILES string of the molecule is Cc1ccc(C#N)cc1S(=O)(=O)NCC1(N)CCC1. The number of nitriles is 1. The molecule has 0 bridgehead atoms. The van der Waals surface area contributed by atoms with Crippen molar-refractivity contribution in [1.29, 1.82) is 5.26 Å². The summed E-state index contributed by atoms with van der Waals surface area (Å²) < 4.78 is 27.0. The van der Waals surface area contributed by atoms with Crippen molar-refractivity contribution in [3.63, 3.8) is 0 Å². The third kappa shape index (κ3) is 2.95. The number of nitrogens with zero attached hydrogens (tertiary/aromatic N) is 1. The van der Waals surface area contributed by atoms with Crippen LogP contribution in [0.15, 0.2) is 23.1 Å². The molecule has 0 radical (unpaired) electrons. The first-order chi connectivity index (χ1) is 8.86. The molecule has 0 spiro atoms. The van der Waals surface area contributed by atoms with E-state index in [1.807, 2.05) is 6.07 Å². The van der Waals surface area contributed by atoms with Crippen LogP contribution in [0.5, 0.6) is 0 Å². The Balaban J connectivity index is 2.22. The monoisotopic (exact) mass is 279 g/mol. The van der Waals surface area contributed by atoms with Crippen LogP contribution in [0.4, 0.5) is 0 Å². The van der Waals surface area contributed by atoms with E-state index in [1.165, 1.54) is 6.07 Å². The van der Waals surface area contributed by atoms with Crippen molar-refractivity contribution in [2.75, 3.05) is 6.54 Å². The van der Waals surface area contributed by atoms with Crippen molar-refractivity contribution in [3.05, 3.63) is 29.3 Å². The number of nitrogens with one attached hydrogen (secondary N) is 1. The average molecular weight is 279 g/mol. The molecule has 1 aromatic rings. The van der Waals surface area contributed by atoms with Crippen LogP contribution >= 0.6 is 0 Å². The van der Waals surface area contributed by atoms with Crippen molar-refractivity contribution in [2.24, 2.45) is 5.73 Å². The molecular formula is C13H17N3O2S. The van der Waals surface area contributed by atoms with Gasteiger partial charge in [-0.15, -0.1) is 0 Å². The summed E-state index contributed by atoms with van der Waals surface area (Å²) in [6, 6.07) is 6.57. The zero-order valence-electron chi connectivity index (χ0n) is 10.8. The Morgan fingerprint density at radius 3 is 2.68 bits per heavy atom. The van der Waals surface area contributed by atoms with Gasteiger partial charge in [0.25, 0.3) is 0 Å². The standard InChI is InChI=1S/C13H17N3O2S/c1-10-3-4-11(8-14)7-12(10)19(17,18)16-9-13(15)5-2-6-13/h3-4,7,16H,2,5-6,9,15H2,1H3. The van der Waals surface area contributed by atoms with Crippen molar-refractivity contribution >= 4 is 10.0 Å². The summed E-state index contributed by atoms with van der Waals surface area (Å²) >= 11 is 0. The summed E-state index contributed by atoms with van der Waals surface area (Å²) in [6.07, 6.45) is 2.72. The van der Waals surface area contributed by atoms with Gasteiger partial charge < -0.3 is 5.73 Å². The predicted octanol–water partition coefficient (Wildman–Crippen LogP) is 1.03. The van der Waals surface area contributed by atoms with Gasteiger partial charge in [0.15, 0.2) is 0 Å². The van der Waals surface area contributed by atoms with Gasteiger partial charge in [-0.1, -0.05) is 6.07 Å². The molecule has 0 unspecified atom stereocenters. The lowest BCUT2D eigenvalue weighted by Gasteiger charge is -2.38. The first kappa shape index (κ1) is 14.0. The molecule has 0 aromatic heterocycles. The van der Waals surface area contributed by atoms with Crippen molar-refractivity contribution in [3.8, 4) is 6.07 Å². The van der Waals surface area contributed by atoms with Crippen LogP contribution in [0.3, 0.4) is 0 Å². The minimum atomic E-state index is -3.61. The van der Waals surface area contributed by atoms with Crippen molar-refractivity contribution in [1.82, 2.24) is 4.72 Å². The molecule has 2 rings (SSSR count). The fourth-order valence-electron chi connectivity index (χ4n) is 2.08. The smallest absolute Gasteiger partial charge is 0.240 e. The van der Waals surface area contributed by atoms with Gasteiger partial charge in [0.05, 0.1) is 16.5 Å². The predicted molar refractivity (Wildman–Crippen MR) is 71.9 cm³/mol. The van der Waals surface area contributed by atoms with Crippen LogP contribution in [0.2, 0.25) is 0 Å². The van der Waals surface area contributed by atoms with Crippen LogP contribution in [-0.4, -0.2) is 20.5 Å². The van der Waals surface area contributed by atoms with Gasteiger partial charge >= 0.3 is 0 Å². The Morgan fingerprint density at radius 1 is 1.47 bits per heavy atom. The highest BCUT2D eigenvalue weighted by molar-refractivity contribution is 7.89. The van der Waals surface area contributed by atoms with Crippen molar-refractivity contribution < 1.29 is 8.42 Å². The molecule has 0 heterocycles. The van der Waals surface area contributed by atoms with Crippen LogP contribution in [0, 0.1) is 18.3 Å². The Hall–Kier alpha value is -1.42. The molecule has 1 saturated carbocycles. The molecule has 1 aliphatic rings. The van der Waals surface area contributed by atoms with Gasteiger partial charge in [-0.05, 0) is 43.9 Å². The minimum Gasteiger partial charge on any atom is -0.324 e. The molecule has 6 heteroatoms. The molecule has 0 amide bonds.